The predicted molar refractivity (Wildman–Crippen MR) is 89.0 cm³/mol. The van der Waals surface area contributed by atoms with Gasteiger partial charge < -0.3 is 15.4 Å². The number of rotatable bonds is 8. The van der Waals surface area contributed by atoms with E-state index in [0.717, 1.165) is 18.4 Å². The molecule has 2 N–H and O–H groups in total. The molecule has 0 aromatic heterocycles. The number of carbonyl (C=O) groups excluding carboxylic acids is 3. The Morgan fingerprint density at radius 2 is 1.79 bits per heavy atom. The van der Waals surface area contributed by atoms with Crippen LogP contribution in [0, 0.1) is 5.92 Å². The molecule has 2 atom stereocenters. The van der Waals surface area contributed by atoms with Crippen LogP contribution >= 0.6 is 0 Å². The molecule has 0 aliphatic heterocycles. The summed E-state index contributed by atoms with van der Waals surface area (Å²) < 4.78 is 4.78. The fourth-order valence-electron chi connectivity index (χ4n) is 2.62. The second-order valence-electron chi connectivity index (χ2n) is 6.21. The topological polar surface area (TPSA) is 84.5 Å². The number of ether oxygens (including phenoxy) is 1. The van der Waals surface area contributed by atoms with E-state index in [9.17, 15) is 14.4 Å². The zero-order valence-electron chi connectivity index (χ0n) is 14.1. The lowest BCUT2D eigenvalue weighted by molar-refractivity contribution is -0.145. The summed E-state index contributed by atoms with van der Waals surface area (Å²) in [5.41, 5.74) is 0.934. The van der Waals surface area contributed by atoms with Gasteiger partial charge in [-0.1, -0.05) is 43.2 Å². The molecule has 1 aliphatic carbocycles. The summed E-state index contributed by atoms with van der Waals surface area (Å²) in [6.07, 6.45) is 3.09. The summed E-state index contributed by atoms with van der Waals surface area (Å²) in [6.45, 7) is 1.37. The van der Waals surface area contributed by atoms with Gasteiger partial charge in [-0.15, -0.1) is 0 Å². The number of esters is 1. The van der Waals surface area contributed by atoms with E-state index >= 15 is 0 Å². The van der Waals surface area contributed by atoms with Gasteiger partial charge in [0.1, 0.15) is 12.1 Å². The average Bonchev–Trinajstić information content (AvgIpc) is 3.37. The third kappa shape index (κ3) is 5.68. The zero-order chi connectivity index (χ0) is 17.5. The Balaban J connectivity index is 2.04. The lowest BCUT2D eigenvalue weighted by atomic mass is 10.0. The van der Waals surface area contributed by atoms with Gasteiger partial charge in [-0.3, -0.25) is 9.59 Å². The lowest BCUT2D eigenvalue weighted by Crippen LogP contribution is -2.52. The van der Waals surface area contributed by atoms with Crippen molar-refractivity contribution < 1.29 is 19.1 Å². The van der Waals surface area contributed by atoms with E-state index in [1.165, 1.54) is 14.0 Å². The van der Waals surface area contributed by atoms with Crippen LogP contribution in [-0.2, 0) is 25.5 Å². The Hall–Kier alpha value is -2.37. The highest BCUT2D eigenvalue weighted by atomic mass is 16.5. The summed E-state index contributed by atoms with van der Waals surface area (Å²) in [4.78, 5) is 35.9. The maximum atomic E-state index is 12.6. The van der Waals surface area contributed by atoms with Crippen molar-refractivity contribution in [1.29, 1.82) is 0 Å². The van der Waals surface area contributed by atoms with Gasteiger partial charge in [0.05, 0.1) is 7.11 Å². The molecular formula is C18H24N2O4. The largest absolute Gasteiger partial charge is 0.467 e. The fourth-order valence-corrected chi connectivity index (χ4v) is 2.62. The van der Waals surface area contributed by atoms with Crippen LogP contribution < -0.4 is 10.6 Å². The van der Waals surface area contributed by atoms with E-state index in [0.29, 0.717) is 18.8 Å². The highest BCUT2D eigenvalue weighted by molar-refractivity contribution is 5.90. The molecule has 1 fully saturated rings. The van der Waals surface area contributed by atoms with Crippen molar-refractivity contribution in [3.8, 4) is 0 Å². The summed E-state index contributed by atoms with van der Waals surface area (Å²) in [7, 11) is 1.31. The van der Waals surface area contributed by atoms with Crippen LogP contribution in [0.1, 0.15) is 31.7 Å². The van der Waals surface area contributed by atoms with Gasteiger partial charge >= 0.3 is 5.97 Å². The molecule has 24 heavy (non-hydrogen) atoms. The van der Waals surface area contributed by atoms with Gasteiger partial charge in [-0.05, 0) is 17.9 Å². The number of carbonyl (C=O) groups is 3. The molecule has 6 heteroatoms. The lowest BCUT2D eigenvalue weighted by Gasteiger charge is -2.22. The zero-order valence-corrected chi connectivity index (χ0v) is 14.1. The first-order valence-corrected chi connectivity index (χ1v) is 8.18. The van der Waals surface area contributed by atoms with Crippen molar-refractivity contribution in [2.24, 2.45) is 5.92 Å². The van der Waals surface area contributed by atoms with E-state index < -0.39 is 18.1 Å². The third-order valence-corrected chi connectivity index (χ3v) is 4.04. The Bertz CT molecular complexity index is 584. The van der Waals surface area contributed by atoms with Crippen LogP contribution in [0.4, 0.5) is 0 Å². The molecular weight excluding hydrogens is 308 g/mol. The Labute approximate surface area is 142 Å². The number of amides is 2. The van der Waals surface area contributed by atoms with Gasteiger partial charge in [0.25, 0.3) is 0 Å². The SMILES string of the molecule is COC(=O)[C@H](CC1CC1)NC(=O)[C@@H](Cc1ccccc1)NC(C)=O. The second kappa shape index (κ2) is 8.47. The highest BCUT2D eigenvalue weighted by Gasteiger charge is 2.32. The molecule has 0 saturated heterocycles. The highest BCUT2D eigenvalue weighted by Crippen LogP contribution is 2.33. The van der Waals surface area contributed by atoms with Crippen LogP contribution in [0.5, 0.6) is 0 Å². The average molecular weight is 332 g/mol. The molecule has 1 aliphatic rings. The van der Waals surface area contributed by atoms with Crippen molar-refractivity contribution in [1.82, 2.24) is 10.6 Å². The molecule has 2 rings (SSSR count). The molecule has 130 valence electrons. The monoisotopic (exact) mass is 332 g/mol. The molecule has 2 amide bonds. The van der Waals surface area contributed by atoms with Crippen molar-refractivity contribution in [2.75, 3.05) is 7.11 Å². The quantitative estimate of drug-likeness (QED) is 0.701. The Morgan fingerprint density at radius 3 is 2.33 bits per heavy atom. The molecule has 1 aromatic carbocycles. The minimum absolute atomic E-state index is 0.289. The molecule has 0 bridgehead atoms. The van der Waals surface area contributed by atoms with Gasteiger partial charge in [0.15, 0.2) is 0 Å². The van der Waals surface area contributed by atoms with E-state index in [2.05, 4.69) is 10.6 Å². The third-order valence-electron chi connectivity index (χ3n) is 4.04. The van der Waals surface area contributed by atoms with Crippen LogP contribution in [0.3, 0.4) is 0 Å². The van der Waals surface area contributed by atoms with E-state index in [4.69, 9.17) is 4.74 Å². The number of benzene rings is 1. The van der Waals surface area contributed by atoms with Gasteiger partial charge in [-0.2, -0.15) is 0 Å². The molecule has 1 aromatic rings. The number of methoxy groups -OCH3 is 1. The minimum atomic E-state index is -0.726. The first-order valence-electron chi connectivity index (χ1n) is 8.18. The standard InChI is InChI=1S/C18H24N2O4/c1-12(21)19-15(10-13-6-4-3-5-7-13)17(22)20-16(18(23)24-2)11-14-8-9-14/h3-7,14-16H,8-11H2,1-2H3,(H,19,21)(H,20,22)/t15-,16+/m1/s1. The van der Waals surface area contributed by atoms with Crippen molar-refractivity contribution in [3.63, 3.8) is 0 Å². The van der Waals surface area contributed by atoms with Gasteiger partial charge in [-0.25, -0.2) is 4.79 Å². The number of hydrogen-bond donors (Lipinski definition) is 2. The van der Waals surface area contributed by atoms with Gasteiger partial charge in [0.2, 0.25) is 11.8 Å². The van der Waals surface area contributed by atoms with Crippen molar-refractivity contribution in [3.05, 3.63) is 35.9 Å². The summed E-state index contributed by atoms with van der Waals surface area (Å²) >= 11 is 0. The van der Waals surface area contributed by atoms with Crippen LogP contribution in [0.25, 0.3) is 0 Å². The molecule has 0 unspecified atom stereocenters. The van der Waals surface area contributed by atoms with Crippen LogP contribution in [0.15, 0.2) is 30.3 Å². The fraction of sp³-hybridized carbons (Fsp3) is 0.500. The molecule has 0 spiro atoms. The van der Waals surface area contributed by atoms with Crippen LogP contribution in [-0.4, -0.2) is 37.0 Å². The number of nitrogens with one attached hydrogen (secondary N) is 2. The van der Waals surface area contributed by atoms with Gasteiger partial charge in [0, 0.05) is 13.3 Å². The van der Waals surface area contributed by atoms with Crippen molar-refractivity contribution in [2.45, 2.75) is 44.7 Å². The Morgan fingerprint density at radius 1 is 1.12 bits per heavy atom. The van der Waals surface area contributed by atoms with Crippen LogP contribution in [0.2, 0.25) is 0 Å². The minimum Gasteiger partial charge on any atom is -0.467 e. The number of hydrogen-bond acceptors (Lipinski definition) is 4. The summed E-state index contributed by atoms with van der Waals surface area (Å²) in [5.74, 6) is -0.646. The first kappa shape index (κ1) is 18.0. The normalized spacial score (nSPS) is 15.9. The maximum absolute atomic E-state index is 12.6. The maximum Gasteiger partial charge on any atom is 0.328 e. The van der Waals surface area contributed by atoms with E-state index in [1.54, 1.807) is 0 Å². The summed E-state index contributed by atoms with van der Waals surface area (Å²) in [6, 6.07) is 8.04. The van der Waals surface area contributed by atoms with Crippen molar-refractivity contribution >= 4 is 17.8 Å². The second-order valence-corrected chi connectivity index (χ2v) is 6.21. The molecule has 1 saturated carbocycles. The van der Waals surface area contributed by atoms with E-state index in [-0.39, 0.29) is 11.8 Å². The predicted octanol–water partition coefficient (Wildman–Crippen LogP) is 1.19. The Kier molecular flexibility index (Phi) is 6.35. The molecule has 6 nitrogen and oxygen atoms in total. The summed E-state index contributed by atoms with van der Waals surface area (Å²) in [5, 5.41) is 5.39. The molecule has 0 heterocycles. The van der Waals surface area contributed by atoms with E-state index in [1.807, 2.05) is 30.3 Å². The molecule has 0 radical (unpaired) electrons. The smallest absolute Gasteiger partial charge is 0.328 e. The first-order chi connectivity index (χ1) is 11.5.